The molecule has 4 heterocycles. The van der Waals surface area contributed by atoms with Gasteiger partial charge in [-0.25, -0.2) is 9.97 Å². The molecule has 4 rings (SSSR count). The lowest BCUT2D eigenvalue weighted by molar-refractivity contribution is 1.16. The van der Waals surface area contributed by atoms with Crippen LogP contribution in [0, 0.1) is 0 Å². The summed E-state index contributed by atoms with van der Waals surface area (Å²) in [5, 5.41) is 0.958. The van der Waals surface area contributed by atoms with Crippen LogP contribution in [0.15, 0.2) is 59.6 Å². The molecule has 1 N–H and O–H groups in total. The molecule has 106 valence electrons. The van der Waals surface area contributed by atoms with E-state index < -0.39 is 0 Å². The molecule has 4 aromatic rings. The fourth-order valence-corrected chi connectivity index (χ4v) is 2.68. The van der Waals surface area contributed by atoms with Crippen LogP contribution >= 0.6 is 15.9 Å². The summed E-state index contributed by atoms with van der Waals surface area (Å²) in [6.07, 6.45) is 7.13. The van der Waals surface area contributed by atoms with E-state index in [4.69, 9.17) is 4.98 Å². The van der Waals surface area contributed by atoms with Crippen molar-refractivity contribution in [3.63, 3.8) is 0 Å². The molecule has 0 radical (unpaired) electrons. The number of hydrogen-bond donors (Lipinski definition) is 1. The van der Waals surface area contributed by atoms with E-state index in [1.807, 2.05) is 36.5 Å². The van der Waals surface area contributed by atoms with Crippen LogP contribution in [-0.4, -0.2) is 24.9 Å². The topological polar surface area (TPSA) is 67.3 Å². The van der Waals surface area contributed by atoms with Crippen molar-refractivity contribution < 1.29 is 0 Å². The second-order valence-corrected chi connectivity index (χ2v) is 5.66. The zero-order valence-corrected chi connectivity index (χ0v) is 12.9. The van der Waals surface area contributed by atoms with Crippen molar-refractivity contribution in [3.05, 3.63) is 59.6 Å². The van der Waals surface area contributed by atoms with Gasteiger partial charge in [-0.05, 0) is 40.2 Å². The molecule has 0 saturated heterocycles. The van der Waals surface area contributed by atoms with Gasteiger partial charge in [-0.15, -0.1) is 0 Å². The summed E-state index contributed by atoms with van der Waals surface area (Å²) in [6.45, 7) is 0. The van der Waals surface area contributed by atoms with Crippen molar-refractivity contribution in [2.24, 2.45) is 0 Å². The molecule has 6 heteroatoms. The second-order valence-electron chi connectivity index (χ2n) is 4.74. The molecule has 0 bridgehead atoms. The highest BCUT2D eigenvalue weighted by Gasteiger charge is 2.13. The average molecular weight is 352 g/mol. The Morgan fingerprint density at radius 3 is 2.82 bits per heavy atom. The van der Waals surface area contributed by atoms with Crippen LogP contribution in [-0.2, 0) is 0 Å². The van der Waals surface area contributed by atoms with E-state index in [0.29, 0.717) is 5.82 Å². The molecule has 0 saturated carbocycles. The number of aromatic nitrogens is 5. The van der Waals surface area contributed by atoms with Crippen LogP contribution < -0.4 is 0 Å². The minimum atomic E-state index is 0.588. The van der Waals surface area contributed by atoms with Gasteiger partial charge < -0.3 is 4.98 Å². The average Bonchev–Trinajstić information content (AvgIpc) is 3.03. The second kappa shape index (κ2) is 5.31. The number of fused-ring (bicyclic) bond motifs is 1. The van der Waals surface area contributed by atoms with Gasteiger partial charge in [0.1, 0.15) is 11.3 Å². The molecule has 0 amide bonds. The number of nitrogens with one attached hydrogen (secondary N) is 1. The Labute approximate surface area is 134 Å². The monoisotopic (exact) mass is 351 g/mol. The van der Waals surface area contributed by atoms with Crippen molar-refractivity contribution in [2.45, 2.75) is 0 Å². The number of pyridine rings is 2. The summed E-state index contributed by atoms with van der Waals surface area (Å²) < 4.78 is 0.909. The van der Waals surface area contributed by atoms with E-state index >= 15 is 0 Å². The van der Waals surface area contributed by atoms with Crippen molar-refractivity contribution in [3.8, 4) is 22.8 Å². The quantitative estimate of drug-likeness (QED) is 0.595. The predicted molar refractivity (Wildman–Crippen MR) is 88.1 cm³/mol. The predicted octanol–water partition coefficient (Wildman–Crippen LogP) is 3.84. The summed E-state index contributed by atoms with van der Waals surface area (Å²) in [7, 11) is 0. The first-order valence-corrected chi connectivity index (χ1v) is 7.48. The maximum Gasteiger partial charge on any atom is 0.180 e. The molecule has 0 unspecified atom stereocenters. The van der Waals surface area contributed by atoms with Gasteiger partial charge in [0.25, 0.3) is 0 Å². The fourth-order valence-electron chi connectivity index (χ4n) is 2.31. The third-order valence-electron chi connectivity index (χ3n) is 3.29. The lowest BCUT2D eigenvalue weighted by Crippen LogP contribution is -1.96. The first-order chi connectivity index (χ1) is 10.8. The highest BCUT2D eigenvalue weighted by molar-refractivity contribution is 9.10. The zero-order chi connectivity index (χ0) is 14.9. The highest BCUT2D eigenvalue weighted by atomic mass is 79.9. The van der Waals surface area contributed by atoms with Crippen LogP contribution in [0.3, 0.4) is 0 Å². The molecule has 5 nitrogen and oxygen atoms in total. The number of hydrogen-bond acceptors (Lipinski definition) is 4. The Kier molecular flexibility index (Phi) is 3.16. The third-order valence-corrected chi connectivity index (χ3v) is 3.72. The first kappa shape index (κ1) is 13.1. The van der Waals surface area contributed by atoms with E-state index in [1.54, 1.807) is 18.6 Å². The number of nitrogens with zero attached hydrogens (tertiary/aromatic N) is 4. The summed E-state index contributed by atoms with van der Waals surface area (Å²) in [5.41, 5.74) is 3.29. The molecule has 22 heavy (non-hydrogen) atoms. The zero-order valence-electron chi connectivity index (χ0n) is 11.4. The van der Waals surface area contributed by atoms with Crippen LogP contribution in [0.2, 0.25) is 0 Å². The molecule has 0 fully saturated rings. The van der Waals surface area contributed by atoms with Gasteiger partial charge in [0.2, 0.25) is 0 Å². The minimum absolute atomic E-state index is 0.588. The maximum absolute atomic E-state index is 4.70. The van der Waals surface area contributed by atoms with E-state index in [2.05, 4.69) is 35.9 Å². The van der Waals surface area contributed by atoms with Gasteiger partial charge in [0, 0.05) is 40.2 Å². The lowest BCUT2D eigenvalue weighted by atomic mass is 10.1. The summed E-state index contributed by atoms with van der Waals surface area (Å²) in [4.78, 5) is 20.9. The summed E-state index contributed by atoms with van der Waals surface area (Å²) in [5.74, 6) is 0.588. The van der Waals surface area contributed by atoms with Crippen molar-refractivity contribution in [1.29, 1.82) is 0 Å². The van der Waals surface area contributed by atoms with E-state index in [0.717, 1.165) is 32.5 Å². The Bertz CT molecular complexity index is 949. The lowest BCUT2D eigenvalue weighted by Gasteiger charge is -2.06. The molecule has 0 atom stereocenters. The number of H-pyrrole nitrogens is 1. The van der Waals surface area contributed by atoms with Gasteiger partial charge in [0.05, 0.1) is 5.69 Å². The standard InChI is InChI=1S/C16H10BrN5/c17-11-7-10(8-18-9-11)14-12-4-6-20-15(12)22-16(21-14)13-3-1-2-5-19-13/h1-9H,(H,20,21,22). The molecular weight excluding hydrogens is 342 g/mol. The maximum atomic E-state index is 4.70. The smallest absolute Gasteiger partial charge is 0.180 e. The number of halogens is 1. The normalized spacial score (nSPS) is 11.0. The van der Waals surface area contributed by atoms with Crippen LogP contribution in [0.5, 0.6) is 0 Å². The van der Waals surface area contributed by atoms with Crippen molar-refractivity contribution in [1.82, 2.24) is 24.9 Å². The third kappa shape index (κ3) is 2.27. The molecule has 0 aliphatic carbocycles. The van der Waals surface area contributed by atoms with Gasteiger partial charge in [0.15, 0.2) is 5.82 Å². The Hall–Kier alpha value is -2.60. The van der Waals surface area contributed by atoms with Crippen LogP contribution in [0.1, 0.15) is 0 Å². The largest absolute Gasteiger partial charge is 0.346 e. The van der Waals surface area contributed by atoms with E-state index in [1.165, 1.54) is 0 Å². The van der Waals surface area contributed by atoms with Crippen molar-refractivity contribution >= 4 is 27.0 Å². The molecule has 0 aromatic carbocycles. The van der Waals surface area contributed by atoms with Crippen LogP contribution in [0.4, 0.5) is 0 Å². The van der Waals surface area contributed by atoms with E-state index in [9.17, 15) is 0 Å². The Morgan fingerprint density at radius 2 is 2.00 bits per heavy atom. The van der Waals surface area contributed by atoms with Gasteiger partial charge >= 0.3 is 0 Å². The molecule has 0 aliphatic rings. The summed E-state index contributed by atoms with van der Waals surface area (Å²) >= 11 is 3.45. The molecule has 0 aliphatic heterocycles. The molecular formula is C16H10BrN5. The van der Waals surface area contributed by atoms with Gasteiger partial charge in [-0.1, -0.05) is 6.07 Å². The Morgan fingerprint density at radius 1 is 1.05 bits per heavy atom. The number of rotatable bonds is 2. The molecule has 4 aromatic heterocycles. The van der Waals surface area contributed by atoms with E-state index in [-0.39, 0.29) is 0 Å². The van der Waals surface area contributed by atoms with Crippen molar-refractivity contribution in [2.75, 3.05) is 0 Å². The fraction of sp³-hybridized carbons (Fsp3) is 0. The van der Waals surface area contributed by atoms with Gasteiger partial charge in [-0.2, -0.15) is 0 Å². The molecule has 0 spiro atoms. The minimum Gasteiger partial charge on any atom is -0.346 e. The Balaban J connectivity index is 1.99. The highest BCUT2D eigenvalue weighted by Crippen LogP contribution is 2.28. The van der Waals surface area contributed by atoms with Crippen LogP contribution in [0.25, 0.3) is 33.8 Å². The number of aromatic amines is 1. The summed E-state index contributed by atoms with van der Waals surface area (Å²) in [6, 6.07) is 9.64. The SMILES string of the molecule is Brc1cncc(-c2nc(-c3ccccn3)nc3[nH]ccc23)c1. The van der Waals surface area contributed by atoms with Gasteiger partial charge in [-0.3, -0.25) is 9.97 Å². The first-order valence-electron chi connectivity index (χ1n) is 6.69.